The van der Waals surface area contributed by atoms with Gasteiger partial charge in [-0.1, -0.05) is 72.3 Å². The van der Waals surface area contributed by atoms with Crippen LogP contribution in [0.3, 0.4) is 0 Å². The third kappa shape index (κ3) is 16.8. The number of nitrogens with zero attached hydrogens (tertiary/aromatic N) is 1. The van der Waals surface area contributed by atoms with Crippen molar-refractivity contribution >= 4 is 66.5 Å². The summed E-state index contributed by atoms with van der Waals surface area (Å²) < 4.78 is 0. The van der Waals surface area contributed by atoms with Gasteiger partial charge in [0.05, 0.1) is 5.56 Å². The van der Waals surface area contributed by atoms with Crippen molar-refractivity contribution in [2.75, 3.05) is 7.05 Å². The Bertz CT molecular complexity index is 2300. The van der Waals surface area contributed by atoms with Crippen LogP contribution >= 0.6 is 19.5 Å². The number of benzene rings is 3. The Labute approximate surface area is 379 Å². The van der Waals surface area contributed by atoms with Crippen molar-refractivity contribution in [3.8, 4) is 0 Å². The molecule has 0 aliphatic rings. The molecule has 19 nitrogen and oxygen atoms in total. The number of halogens is 1. The van der Waals surface area contributed by atoms with Crippen LogP contribution in [0, 0.1) is 0 Å². The van der Waals surface area contributed by atoms with E-state index in [1.807, 2.05) is 0 Å². The largest absolute Gasteiger partial charge is 0.483 e. The molecule has 0 radical (unpaired) electrons. The SMILES string of the molecule is CNC(=O)[C@H](Cc1ccc(Cl)cc1)NC(=O)[C@H](CCC(=O)O)NC(=O)[C@H](Cc1ccccc1)NC(=O)[C@H](Cc1ccc(C(=O)[P+](O)(O)O)cc1)NC(=O)[C@H](Cc1cccnc1)NC(C)=O. The van der Waals surface area contributed by atoms with Gasteiger partial charge in [-0.25, -0.2) is 4.79 Å². The second-order valence-corrected chi connectivity index (χ2v) is 16.9. The van der Waals surface area contributed by atoms with Gasteiger partial charge < -0.3 is 37.0 Å². The number of carbonyl (C=O) groups is 8. The van der Waals surface area contributed by atoms with E-state index in [2.05, 4.69) is 36.9 Å². The Balaban J connectivity index is 1.67. The lowest BCUT2D eigenvalue weighted by molar-refractivity contribution is -0.138. The number of rotatable bonds is 23. The minimum absolute atomic E-state index is 0.0124. The van der Waals surface area contributed by atoms with E-state index in [-0.39, 0.29) is 31.2 Å². The van der Waals surface area contributed by atoms with Gasteiger partial charge in [-0.3, -0.25) is 38.5 Å². The Morgan fingerprint density at radius 3 is 1.46 bits per heavy atom. The first kappa shape index (κ1) is 51.0. The van der Waals surface area contributed by atoms with Gasteiger partial charge in [0, 0.05) is 63.5 Å². The fraction of sp³-hybridized carbons (Fsp3) is 0.295. The zero-order chi connectivity index (χ0) is 47.7. The first-order valence-electron chi connectivity index (χ1n) is 20.1. The average Bonchev–Trinajstić information content (AvgIpc) is 3.27. The molecular weight excluding hydrogens is 885 g/mol. The van der Waals surface area contributed by atoms with E-state index < -0.39 is 97.9 Å². The van der Waals surface area contributed by atoms with Crippen molar-refractivity contribution < 1.29 is 58.1 Å². The number of carboxylic acids is 1. The lowest BCUT2D eigenvalue weighted by atomic mass is 10.00. The first-order chi connectivity index (χ1) is 30.8. The number of aliphatic carboxylic acids is 1. The van der Waals surface area contributed by atoms with Gasteiger partial charge in [-0.05, 0) is 59.0 Å². The maximum absolute atomic E-state index is 14.4. The number of carbonyl (C=O) groups excluding carboxylic acids is 7. The van der Waals surface area contributed by atoms with Gasteiger partial charge in [0.2, 0.25) is 35.4 Å². The van der Waals surface area contributed by atoms with Crippen LogP contribution < -0.4 is 31.9 Å². The second-order valence-electron chi connectivity index (χ2n) is 14.9. The van der Waals surface area contributed by atoms with Crippen LogP contribution in [0.5, 0.6) is 0 Å². The standard InChI is InChI=1S/C44H49ClN7O12P/c1-26(53)48-35(24-30-9-6-20-47-25-30)41(58)51-37(23-28-10-14-31(15-11-28)44(61)65(62,63)64)43(60)52-36(21-27-7-4-3-5-8-27)42(59)49-33(18-19-38(54)55)40(57)50-34(39(56)46-2)22-29-12-16-32(45)17-13-29/h3-17,20,25,33-37,62-64H,18-19,21-24H2,1-2H3,(H6-,46,48,49,50,51,52,53,54,55,56,57,58,59,60)/p+1/t33-,34-,35-,36-,37-/m0/s1. The highest BCUT2D eigenvalue weighted by Gasteiger charge is 2.43. The van der Waals surface area contributed by atoms with Crippen LogP contribution in [0.4, 0.5) is 0 Å². The molecule has 3 aromatic carbocycles. The third-order valence-corrected chi connectivity index (χ3v) is 10.9. The lowest BCUT2D eigenvalue weighted by Crippen LogP contribution is -2.60. The van der Waals surface area contributed by atoms with Crippen molar-refractivity contribution in [2.45, 2.75) is 75.7 Å². The van der Waals surface area contributed by atoms with Crippen LogP contribution in [-0.4, -0.2) is 109 Å². The molecule has 0 aliphatic heterocycles. The number of pyridine rings is 1. The summed E-state index contributed by atoms with van der Waals surface area (Å²) in [6, 6.07) is 16.5. The minimum Gasteiger partial charge on any atom is -0.481 e. The summed E-state index contributed by atoms with van der Waals surface area (Å²) in [6.07, 6.45) is 1.56. The molecule has 0 aliphatic carbocycles. The Kier molecular flexibility index (Phi) is 19.2. The number of carboxylic acid groups (broad SMARTS) is 1. The quantitative estimate of drug-likeness (QED) is 0.0464. The van der Waals surface area contributed by atoms with Gasteiger partial charge in [-0.2, -0.15) is 14.7 Å². The molecule has 4 aromatic rings. The Morgan fingerprint density at radius 1 is 0.569 bits per heavy atom. The van der Waals surface area contributed by atoms with E-state index in [1.165, 1.54) is 50.6 Å². The zero-order valence-corrected chi connectivity index (χ0v) is 36.9. The first-order valence-corrected chi connectivity index (χ1v) is 22.2. The van der Waals surface area contributed by atoms with Crippen molar-refractivity contribution in [2.24, 2.45) is 0 Å². The predicted octanol–water partition coefficient (Wildman–Crippen LogP) is 0.940. The molecule has 344 valence electrons. The van der Waals surface area contributed by atoms with Crippen molar-refractivity contribution in [3.63, 3.8) is 0 Å². The number of amides is 6. The minimum atomic E-state index is -4.88. The molecule has 1 aromatic heterocycles. The van der Waals surface area contributed by atoms with Crippen molar-refractivity contribution in [1.29, 1.82) is 0 Å². The normalized spacial score (nSPS) is 13.4. The molecule has 1 heterocycles. The highest BCUT2D eigenvalue weighted by atomic mass is 35.5. The summed E-state index contributed by atoms with van der Waals surface area (Å²) >= 11 is 6.01. The zero-order valence-electron chi connectivity index (χ0n) is 35.3. The molecule has 6 amide bonds. The number of likely N-dealkylation sites (N-methyl/N-ethyl adjacent to an activating group) is 1. The summed E-state index contributed by atoms with van der Waals surface area (Å²) in [5.74, 6) is -5.95. The number of nitrogens with one attached hydrogen (secondary N) is 6. The smallest absolute Gasteiger partial charge is 0.481 e. The molecule has 4 rings (SSSR count). The lowest BCUT2D eigenvalue weighted by Gasteiger charge is -2.27. The van der Waals surface area contributed by atoms with Crippen LogP contribution in [0.1, 0.15) is 52.4 Å². The maximum Gasteiger partial charge on any atom is 0.483 e. The van der Waals surface area contributed by atoms with Crippen LogP contribution in [0.2, 0.25) is 5.02 Å². The Hall–Kier alpha value is -6.63. The monoisotopic (exact) mass is 934 g/mol. The fourth-order valence-corrected chi connectivity index (χ4v) is 7.16. The molecule has 0 saturated heterocycles. The second kappa shape index (κ2) is 24.4. The topological polar surface area (TPSA) is 303 Å². The van der Waals surface area contributed by atoms with E-state index in [1.54, 1.807) is 66.7 Å². The highest BCUT2D eigenvalue weighted by molar-refractivity contribution is 7.76. The van der Waals surface area contributed by atoms with Gasteiger partial charge in [-0.15, -0.1) is 0 Å². The highest BCUT2D eigenvalue weighted by Crippen LogP contribution is 2.47. The molecule has 0 bridgehead atoms. The maximum atomic E-state index is 14.4. The summed E-state index contributed by atoms with van der Waals surface area (Å²) in [5.41, 5.74) is 0.509. The average molecular weight is 935 g/mol. The van der Waals surface area contributed by atoms with E-state index in [0.717, 1.165) is 0 Å². The molecule has 5 atom stereocenters. The summed E-state index contributed by atoms with van der Waals surface area (Å²) in [6.45, 7) is 1.20. The van der Waals surface area contributed by atoms with E-state index in [0.29, 0.717) is 27.3 Å². The molecule has 0 unspecified atom stereocenters. The molecule has 0 saturated carbocycles. The molecule has 0 spiro atoms. The summed E-state index contributed by atoms with van der Waals surface area (Å²) in [4.78, 5) is 138. The van der Waals surface area contributed by atoms with Crippen LogP contribution in [0.15, 0.2) is 103 Å². The number of aromatic nitrogens is 1. The van der Waals surface area contributed by atoms with E-state index in [4.69, 9.17) is 11.6 Å². The van der Waals surface area contributed by atoms with Crippen molar-refractivity contribution in [3.05, 3.63) is 136 Å². The van der Waals surface area contributed by atoms with E-state index >= 15 is 0 Å². The van der Waals surface area contributed by atoms with Crippen LogP contribution in [-0.2, 0) is 59.2 Å². The third-order valence-electron chi connectivity index (χ3n) is 9.83. The fourth-order valence-electron chi connectivity index (χ4n) is 6.54. The molecule has 0 fully saturated rings. The Morgan fingerprint density at radius 2 is 1.00 bits per heavy atom. The van der Waals surface area contributed by atoms with E-state index in [9.17, 15) is 58.1 Å². The molecule has 65 heavy (non-hydrogen) atoms. The summed E-state index contributed by atoms with van der Waals surface area (Å²) in [7, 11) is -3.51. The molecule has 21 heteroatoms. The van der Waals surface area contributed by atoms with Gasteiger partial charge in [0.25, 0.3) is 0 Å². The van der Waals surface area contributed by atoms with Crippen molar-refractivity contribution in [1.82, 2.24) is 36.9 Å². The molecular formula is C44H50ClN7O12P+. The predicted molar refractivity (Wildman–Crippen MR) is 238 cm³/mol. The van der Waals surface area contributed by atoms with Gasteiger partial charge in [0.15, 0.2) is 0 Å². The molecule has 10 N–H and O–H groups in total. The number of hydrogen-bond donors (Lipinski definition) is 10. The van der Waals surface area contributed by atoms with Gasteiger partial charge in [0.1, 0.15) is 30.2 Å². The number of hydrogen-bond acceptors (Lipinski definition) is 12. The van der Waals surface area contributed by atoms with Crippen LogP contribution in [0.25, 0.3) is 0 Å². The van der Waals surface area contributed by atoms with Gasteiger partial charge >= 0.3 is 19.4 Å². The summed E-state index contributed by atoms with van der Waals surface area (Å²) in [5, 5.41) is 25.5.